The van der Waals surface area contributed by atoms with E-state index >= 15 is 0 Å². The lowest BCUT2D eigenvalue weighted by Crippen LogP contribution is -2.47. The van der Waals surface area contributed by atoms with E-state index in [0.29, 0.717) is 18.3 Å². The summed E-state index contributed by atoms with van der Waals surface area (Å²) in [4.78, 5) is 26.2. The van der Waals surface area contributed by atoms with Crippen LogP contribution in [0.15, 0.2) is 36.5 Å². The maximum atomic E-state index is 13.2. The third-order valence-corrected chi connectivity index (χ3v) is 5.93. The Kier molecular flexibility index (Phi) is 5.55. The molecule has 2 saturated heterocycles. The van der Waals surface area contributed by atoms with E-state index < -0.39 is 0 Å². The first-order valence-corrected chi connectivity index (χ1v) is 10.2. The average molecular weight is 382 g/mol. The van der Waals surface area contributed by atoms with Gasteiger partial charge in [0.1, 0.15) is 11.6 Å². The Labute approximate surface area is 165 Å². The molecule has 148 valence electrons. The number of benzene rings is 1. The quantitative estimate of drug-likeness (QED) is 0.811. The Bertz CT molecular complexity index is 818. The number of aromatic nitrogens is 2. The van der Waals surface area contributed by atoms with Gasteiger partial charge in [0, 0.05) is 37.9 Å². The molecular weight excluding hydrogens is 355 g/mol. The summed E-state index contributed by atoms with van der Waals surface area (Å²) >= 11 is 0. The van der Waals surface area contributed by atoms with Gasteiger partial charge in [0.05, 0.1) is 5.92 Å². The third kappa shape index (κ3) is 4.16. The Morgan fingerprint density at radius 2 is 1.82 bits per heavy atom. The standard InChI is InChI=1S/C22H27FN4O/c1-16-9-13-26(14-10-16)22(28)18-3-2-12-27(15-18)20-8-11-24-21(25-20)17-4-6-19(23)7-5-17/h4-8,11,16,18H,2-3,9-10,12-15H2,1H3. The van der Waals surface area contributed by atoms with Gasteiger partial charge in [0.15, 0.2) is 5.82 Å². The van der Waals surface area contributed by atoms with Crippen molar-refractivity contribution < 1.29 is 9.18 Å². The molecule has 0 N–H and O–H groups in total. The molecule has 28 heavy (non-hydrogen) atoms. The van der Waals surface area contributed by atoms with E-state index in [1.165, 1.54) is 12.1 Å². The van der Waals surface area contributed by atoms with Crippen molar-refractivity contribution in [2.45, 2.75) is 32.6 Å². The normalized spacial score (nSPS) is 21.0. The fourth-order valence-corrected chi connectivity index (χ4v) is 4.14. The van der Waals surface area contributed by atoms with Crippen LogP contribution in [0, 0.1) is 17.7 Å². The largest absolute Gasteiger partial charge is 0.356 e. The molecule has 1 aromatic heterocycles. The van der Waals surface area contributed by atoms with E-state index in [1.807, 2.05) is 6.07 Å². The van der Waals surface area contributed by atoms with Crippen molar-refractivity contribution >= 4 is 11.7 Å². The molecular formula is C22H27FN4O. The summed E-state index contributed by atoms with van der Waals surface area (Å²) < 4.78 is 13.2. The molecule has 2 aromatic rings. The van der Waals surface area contributed by atoms with Crippen molar-refractivity contribution in [1.29, 1.82) is 0 Å². The fourth-order valence-electron chi connectivity index (χ4n) is 4.14. The second-order valence-corrected chi connectivity index (χ2v) is 8.04. The van der Waals surface area contributed by atoms with Gasteiger partial charge in [-0.2, -0.15) is 0 Å². The van der Waals surface area contributed by atoms with Crippen LogP contribution in [0.3, 0.4) is 0 Å². The summed E-state index contributed by atoms with van der Waals surface area (Å²) in [6, 6.07) is 8.10. The van der Waals surface area contributed by atoms with E-state index in [2.05, 4.69) is 26.7 Å². The summed E-state index contributed by atoms with van der Waals surface area (Å²) in [6.07, 6.45) is 5.87. The summed E-state index contributed by atoms with van der Waals surface area (Å²) in [7, 11) is 0. The lowest BCUT2D eigenvalue weighted by Gasteiger charge is -2.37. The lowest BCUT2D eigenvalue weighted by atomic mass is 9.93. The number of anilines is 1. The predicted molar refractivity (Wildman–Crippen MR) is 107 cm³/mol. The number of halogens is 1. The number of carbonyl (C=O) groups excluding carboxylic acids is 1. The first-order chi connectivity index (χ1) is 13.6. The Balaban J connectivity index is 1.46. The highest BCUT2D eigenvalue weighted by Crippen LogP contribution is 2.26. The van der Waals surface area contributed by atoms with Gasteiger partial charge in [-0.1, -0.05) is 6.92 Å². The number of hydrogen-bond donors (Lipinski definition) is 0. The molecule has 0 bridgehead atoms. The molecule has 0 saturated carbocycles. The molecule has 3 heterocycles. The number of piperidine rings is 2. The minimum Gasteiger partial charge on any atom is -0.356 e. The molecule has 2 aliphatic heterocycles. The van der Waals surface area contributed by atoms with Crippen LogP contribution in [0.25, 0.3) is 11.4 Å². The molecule has 1 unspecified atom stereocenters. The van der Waals surface area contributed by atoms with Crippen LogP contribution in [0.4, 0.5) is 10.2 Å². The maximum Gasteiger partial charge on any atom is 0.227 e. The zero-order valence-electron chi connectivity index (χ0n) is 16.4. The van der Waals surface area contributed by atoms with Crippen molar-refractivity contribution in [3.05, 3.63) is 42.3 Å². The zero-order valence-corrected chi connectivity index (χ0v) is 16.4. The van der Waals surface area contributed by atoms with Gasteiger partial charge in [0.2, 0.25) is 5.91 Å². The van der Waals surface area contributed by atoms with Gasteiger partial charge in [-0.05, 0) is 61.9 Å². The minimum absolute atomic E-state index is 0.0337. The number of nitrogens with zero attached hydrogens (tertiary/aromatic N) is 4. The topological polar surface area (TPSA) is 49.3 Å². The summed E-state index contributed by atoms with van der Waals surface area (Å²) in [5.41, 5.74) is 0.787. The molecule has 2 fully saturated rings. The van der Waals surface area contributed by atoms with E-state index in [-0.39, 0.29) is 11.7 Å². The highest BCUT2D eigenvalue weighted by atomic mass is 19.1. The highest BCUT2D eigenvalue weighted by molar-refractivity contribution is 5.80. The van der Waals surface area contributed by atoms with Gasteiger partial charge >= 0.3 is 0 Å². The molecule has 6 heteroatoms. The molecule has 1 amide bonds. The second-order valence-electron chi connectivity index (χ2n) is 8.04. The maximum absolute atomic E-state index is 13.2. The Morgan fingerprint density at radius 3 is 2.57 bits per heavy atom. The summed E-state index contributed by atoms with van der Waals surface area (Å²) in [5.74, 6) is 2.19. The summed E-state index contributed by atoms with van der Waals surface area (Å²) in [5, 5.41) is 0. The van der Waals surface area contributed by atoms with E-state index in [0.717, 1.165) is 62.6 Å². The Morgan fingerprint density at radius 1 is 1.07 bits per heavy atom. The van der Waals surface area contributed by atoms with Crippen LogP contribution in [-0.2, 0) is 4.79 Å². The van der Waals surface area contributed by atoms with Crippen molar-refractivity contribution in [3.63, 3.8) is 0 Å². The first kappa shape index (κ1) is 18.8. The molecule has 1 atom stereocenters. The smallest absolute Gasteiger partial charge is 0.227 e. The molecule has 0 radical (unpaired) electrons. The molecule has 4 rings (SSSR count). The van der Waals surface area contributed by atoms with Crippen molar-refractivity contribution in [1.82, 2.24) is 14.9 Å². The van der Waals surface area contributed by atoms with Crippen LogP contribution in [-0.4, -0.2) is 47.0 Å². The van der Waals surface area contributed by atoms with Crippen molar-refractivity contribution in [2.75, 3.05) is 31.1 Å². The first-order valence-electron chi connectivity index (χ1n) is 10.2. The van der Waals surface area contributed by atoms with Crippen LogP contribution < -0.4 is 4.90 Å². The van der Waals surface area contributed by atoms with Crippen molar-refractivity contribution in [3.8, 4) is 11.4 Å². The van der Waals surface area contributed by atoms with Gasteiger partial charge in [0.25, 0.3) is 0 Å². The van der Waals surface area contributed by atoms with Crippen LogP contribution in [0.2, 0.25) is 0 Å². The van der Waals surface area contributed by atoms with Crippen LogP contribution >= 0.6 is 0 Å². The zero-order chi connectivity index (χ0) is 19.5. The number of rotatable bonds is 3. The number of likely N-dealkylation sites (tertiary alicyclic amines) is 1. The Hall–Kier alpha value is -2.50. The number of carbonyl (C=O) groups is 1. The average Bonchev–Trinajstić information content (AvgIpc) is 2.74. The van der Waals surface area contributed by atoms with E-state index in [4.69, 9.17) is 0 Å². The number of amides is 1. The summed E-state index contributed by atoms with van der Waals surface area (Å²) in [6.45, 7) is 5.63. The third-order valence-electron chi connectivity index (χ3n) is 5.93. The van der Waals surface area contributed by atoms with Gasteiger partial charge in [-0.25, -0.2) is 14.4 Å². The fraction of sp³-hybridized carbons (Fsp3) is 0.500. The molecule has 0 spiro atoms. The van der Waals surface area contributed by atoms with E-state index in [1.54, 1.807) is 18.3 Å². The monoisotopic (exact) mass is 382 g/mol. The second kappa shape index (κ2) is 8.25. The highest BCUT2D eigenvalue weighted by Gasteiger charge is 2.31. The molecule has 1 aromatic carbocycles. The van der Waals surface area contributed by atoms with Gasteiger partial charge in [-0.15, -0.1) is 0 Å². The molecule has 5 nitrogen and oxygen atoms in total. The minimum atomic E-state index is -0.274. The SMILES string of the molecule is CC1CCN(C(=O)C2CCCN(c3ccnc(-c4ccc(F)cc4)n3)C2)CC1. The van der Waals surface area contributed by atoms with Gasteiger partial charge in [-0.3, -0.25) is 4.79 Å². The van der Waals surface area contributed by atoms with Crippen LogP contribution in [0.1, 0.15) is 32.6 Å². The molecule has 0 aliphatic carbocycles. The van der Waals surface area contributed by atoms with Crippen LogP contribution in [0.5, 0.6) is 0 Å². The lowest BCUT2D eigenvalue weighted by molar-refractivity contribution is -0.137. The predicted octanol–water partition coefficient (Wildman–Crippen LogP) is 3.76. The number of hydrogen-bond acceptors (Lipinski definition) is 4. The molecule has 2 aliphatic rings. The van der Waals surface area contributed by atoms with Gasteiger partial charge < -0.3 is 9.80 Å². The van der Waals surface area contributed by atoms with Crippen molar-refractivity contribution in [2.24, 2.45) is 11.8 Å². The van der Waals surface area contributed by atoms with E-state index in [9.17, 15) is 9.18 Å².